The molecule has 1 aliphatic heterocycles. The molecule has 2 aromatic rings. The number of benzene rings is 1. The number of aromatic nitrogens is 1. The van der Waals surface area contributed by atoms with E-state index >= 15 is 0 Å². The molecule has 2 heterocycles. The molecule has 1 aromatic carbocycles. The van der Waals surface area contributed by atoms with Gasteiger partial charge >= 0.3 is 0 Å². The van der Waals surface area contributed by atoms with Gasteiger partial charge in [0.05, 0.1) is 11.1 Å². The predicted molar refractivity (Wildman–Crippen MR) is 104 cm³/mol. The van der Waals surface area contributed by atoms with E-state index in [1.807, 2.05) is 6.92 Å². The number of carbonyl (C=O) groups is 1. The van der Waals surface area contributed by atoms with Gasteiger partial charge in [-0.1, -0.05) is 0 Å². The third-order valence-corrected chi connectivity index (χ3v) is 6.79. The topological polar surface area (TPSA) is 108 Å². The molecule has 1 amide bonds. The molecular weight excluding hydrogens is 378 g/mol. The molecule has 1 saturated heterocycles. The minimum Gasteiger partial charge on any atom is -0.339 e. The predicted octanol–water partition coefficient (Wildman–Crippen LogP) is 1.75. The minimum atomic E-state index is -3.50. The van der Waals surface area contributed by atoms with Crippen LogP contribution < -0.4 is 5.43 Å². The van der Waals surface area contributed by atoms with Crippen LogP contribution in [0.4, 0.5) is 0 Å². The van der Waals surface area contributed by atoms with E-state index in [2.05, 4.69) is 16.6 Å². The number of hydrazone groups is 1. The first-order valence-electron chi connectivity index (χ1n) is 8.84. The summed E-state index contributed by atoms with van der Waals surface area (Å²) in [5, 5.41) is 13.0. The zero-order chi connectivity index (χ0) is 20.3. The first-order chi connectivity index (χ1) is 13.3. The van der Waals surface area contributed by atoms with Crippen molar-refractivity contribution >= 4 is 22.1 Å². The van der Waals surface area contributed by atoms with Gasteiger partial charge in [0.15, 0.2) is 0 Å². The molecular formula is C19H21N5O3S. The number of carbonyl (C=O) groups excluding carboxylic acids is 1. The summed E-state index contributed by atoms with van der Waals surface area (Å²) in [6.07, 6.45) is 3.21. The van der Waals surface area contributed by atoms with E-state index in [1.54, 1.807) is 17.7 Å². The second kappa shape index (κ2) is 7.96. The molecule has 0 saturated carbocycles. The standard InChI is InChI=1S/C19H21N5O3S/c1-14-16(11-17(12-20)23(14)2)13-21-22-19(25)15-5-7-18(8-6-15)28(26,27)24-9-3-4-10-24/h5-8,11,13H,3-4,9-10H2,1-2H3,(H,22,25)/b21-13-. The van der Waals surface area contributed by atoms with Crippen molar-refractivity contribution in [1.29, 1.82) is 5.26 Å². The normalized spacial score (nSPS) is 15.0. The Kier molecular flexibility index (Phi) is 5.63. The summed E-state index contributed by atoms with van der Waals surface area (Å²) in [7, 11) is -1.72. The van der Waals surface area contributed by atoms with E-state index in [-0.39, 0.29) is 4.90 Å². The highest BCUT2D eigenvalue weighted by Gasteiger charge is 2.27. The van der Waals surface area contributed by atoms with Crippen molar-refractivity contribution in [3.63, 3.8) is 0 Å². The first kappa shape index (κ1) is 19.8. The fraction of sp³-hybridized carbons (Fsp3) is 0.316. The Hall–Kier alpha value is -2.96. The lowest BCUT2D eigenvalue weighted by Gasteiger charge is -2.15. The van der Waals surface area contributed by atoms with Crippen LogP contribution in [0.25, 0.3) is 0 Å². The number of hydrogen-bond donors (Lipinski definition) is 1. The van der Waals surface area contributed by atoms with Crippen molar-refractivity contribution in [2.75, 3.05) is 13.1 Å². The molecule has 0 atom stereocenters. The highest BCUT2D eigenvalue weighted by Crippen LogP contribution is 2.21. The Labute approximate surface area is 164 Å². The summed E-state index contributed by atoms with van der Waals surface area (Å²) >= 11 is 0. The maximum Gasteiger partial charge on any atom is 0.271 e. The van der Waals surface area contributed by atoms with Gasteiger partial charge in [-0.3, -0.25) is 4.79 Å². The summed E-state index contributed by atoms with van der Waals surface area (Å²) < 4.78 is 28.2. The van der Waals surface area contributed by atoms with Crippen LogP contribution in [-0.2, 0) is 17.1 Å². The third kappa shape index (κ3) is 3.83. The summed E-state index contributed by atoms with van der Waals surface area (Å²) in [5.74, 6) is -0.449. The molecule has 8 nitrogen and oxygen atoms in total. The summed E-state index contributed by atoms with van der Waals surface area (Å²) in [6, 6.07) is 9.57. The summed E-state index contributed by atoms with van der Waals surface area (Å²) in [4.78, 5) is 12.4. The van der Waals surface area contributed by atoms with Gasteiger partial charge in [0.25, 0.3) is 5.91 Å². The molecule has 0 unspecified atom stereocenters. The van der Waals surface area contributed by atoms with E-state index in [0.717, 1.165) is 24.1 Å². The van der Waals surface area contributed by atoms with Crippen LogP contribution in [0.5, 0.6) is 0 Å². The molecule has 0 spiro atoms. The van der Waals surface area contributed by atoms with Crippen LogP contribution in [0.1, 0.15) is 40.2 Å². The van der Waals surface area contributed by atoms with Crippen LogP contribution in [0.15, 0.2) is 40.3 Å². The molecule has 0 radical (unpaired) electrons. The lowest BCUT2D eigenvalue weighted by atomic mass is 10.2. The fourth-order valence-corrected chi connectivity index (χ4v) is 4.56. The Morgan fingerprint density at radius 3 is 2.46 bits per heavy atom. The zero-order valence-electron chi connectivity index (χ0n) is 15.7. The number of nitrogens with zero attached hydrogens (tertiary/aromatic N) is 4. The van der Waals surface area contributed by atoms with Crippen LogP contribution in [0.3, 0.4) is 0 Å². The molecule has 3 rings (SSSR count). The summed E-state index contributed by atoms with van der Waals surface area (Å²) in [5.41, 5.74) is 4.80. The van der Waals surface area contributed by atoms with Crippen molar-refractivity contribution in [2.24, 2.45) is 12.1 Å². The Morgan fingerprint density at radius 2 is 1.89 bits per heavy atom. The molecule has 0 bridgehead atoms. The third-order valence-electron chi connectivity index (χ3n) is 4.88. The Balaban J connectivity index is 1.68. The Morgan fingerprint density at radius 1 is 1.25 bits per heavy atom. The van der Waals surface area contributed by atoms with Crippen LogP contribution in [-0.4, -0.2) is 42.5 Å². The van der Waals surface area contributed by atoms with Crippen molar-refractivity contribution in [3.05, 3.63) is 52.8 Å². The number of rotatable bonds is 5. The van der Waals surface area contributed by atoms with Gasteiger partial charge in [0, 0.05) is 37.0 Å². The van der Waals surface area contributed by atoms with Gasteiger partial charge < -0.3 is 4.57 Å². The Bertz CT molecular complexity index is 1060. The smallest absolute Gasteiger partial charge is 0.271 e. The monoisotopic (exact) mass is 399 g/mol. The molecule has 1 N–H and O–H groups in total. The SMILES string of the molecule is Cc1c(/C=N\NC(=O)c2ccc(S(=O)(=O)N3CCCC3)cc2)cc(C#N)n1C. The maximum absolute atomic E-state index is 12.5. The van der Waals surface area contributed by atoms with E-state index in [9.17, 15) is 13.2 Å². The number of nitrogens with one attached hydrogen (secondary N) is 1. The lowest BCUT2D eigenvalue weighted by molar-refractivity contribution is 0.0955. The van der Waals surface area contributed by atoms with E-state index < -0.39 is 15.9 Å². The van der Waals surface area contributed by atoms with Crippen molar-refractivity contribution in [2.45, 2.75) is 24.7 Å². The van der Waals surface area contributed by atoms with Gasteiger partial charge in [0.2, 0.25) is 10.0 Å². The molecule has 1 fully saturated rings. The zero-order valence-corrected chi connectivity index (χ0v) is 16.5. The quantitative estimate of drug-likeness (QED) is 0.610. The average molecular weight is 399 g/mol. The van der Waals surface area contributed by atoms with Gasteiger partial charge in [-0.2, -0.15) is 14.7 Å². The summed E-state index contributed by atoms with van der Waals surface area (Å²) in [6.45, 7) is 2.92. The number of hydrogen-bond acceptors (Lipinski definition) is 5. The average Bonchev–Trinajstić information content (AvgIpc) is 3.33. The van der Waals surface area contributed by atoms with Crippen LogP contribution in [0.2, 0.25) is 0 Å². The highest BCUT2D eigenvalue weighted by molar-refractivity contribution is 7.89. The van der Waals surface area contributed by atoms with Gasteiger partial charge in [-0.05, 0) is 50.1 Å². The van der Waals surface area contributed by atoms with E-state index in [0.29, 0.717) is 24.3 Å². The molecule has 1 aliphatic rings. The first-order valence-corrected chi connectivity index (χ1v) is 10.3. The second-order valence-electron chi connectivity index (χ2n) is 6.58. The fourth-order valence-electron chi connectivity index (χ4n) is 3.04. The highest BCUT2D eigenvalue weighted by atomic mass is 32.2. The maximum atomic E-state index is 12.5. The second-order valence-corrected chi connectivity index (χ2v) is 8.51. The van der Waals surface area contributed by atoms with E-state index in [4.69, 9.17) is 5.26 Å². The largest absolute Gasteiger partial charge is 0.339 e. The lowest BCUT2D eigenvalue weighted by Crippen LogP contribution is -2.28. The van der Waals surface area contributed by atoms with Gasteiger partial charge in [-0.15, -0.1) is 0 Å². The molecule has 1 aromatic heterocycles. The van der Waals surface area contributed by atoms with Crippen molar-refractivity contribution < 1.29 is 13.2 Å². The number of sulfonamides is 1. The van der Waals surface area contributed by atoms with Crippen molar-refractivity contribution in [3.8, 4) is 6.07 Å². The minimum absolute atomic E-state index is 0.179. The molecule has 28 heavy (non-hydrogen) atoms. The van der Waals surface area contributed by atoms with E-state index in [1.165, 1.54) is 34.8 Å². The van der Waals surface area contributed by atoms with Gasteiger partial charge in [-0.25, -0.2) is 13.8 Å². The van der Waals surface area contributed by atoms with Crippen LogP contribution in [0, 0.1) is 18.3 Å². The number of amides is 1. The molecule has 9 heteroatoms. The number of nitriles is 1. The molecule has 0 aliphatic carbocycles. The van der Waals surface area contributed by atoms with Crippen LogP contribution >= 0.6 is 0 Å². The molecule has 146 valence electrons. The van der Waals surface area contributed by atoms with Gasteiger partial charge in [0.1, 0.15) is 11.8 Å². The van der Waals surface area contributed by atoms with Crippen molar-refractivity contribution in [1.82, 2.24) is 14.3 Å².